The highest BCUT2D eigenvalue weighted by Gasteiger charge is 2.31. The SMILES string of the molecule is COc1ccc(S(=O)(=O)N2CCN(C(=O)OC(C)(C)C)CC2)cc1. The Kier molecular flexibility index (Phi) is 5.39. The Morgan fingerprint density at radius 1 is 1.04 bits per heavy atom. The molecule has 1 aliphatic rings. The monoisotopic (exact) mass is 356 g/mol. The van der Waals surface area contributed by atoms with Crippen LogP contribution in [-0.2, 0) is 14.8 Å². The van der Waals surface area contributed by atoms with Crippen molar-refractivity contribution in [3.8, 4) is 5.75 Å². The second kappa shape index (κ2) is 6.98. The van der Waals surface area contributed by atoms with Crippen molar-refractivity contribution in [2.45, 2.75) is 31.3 Å². The first kappa shape index (κ1) is 18.5. The van der Waals surface area contributed by atoms with Crippen molar-refractivity contribution >= 4 is 16.1 Å². The van der Waals surface area contributed by atoms with Crippen LogP contribution >= 0.6 is 0 Å². The van der Waals surface area contributed by atoms with Gasteiger partial charge >= 0.3 is 6.09 Å². The van der Waals surface area contributed by atoms with E-state index in [0.29, 0.717) is 18.8 Å². The molecule has 1 amide bonds. The van der Waals surface area contributed by atoms with E-state index in [-0.39, 0.29) is 18.0 Å². The smallest absolute Gasteiger partial charge is 0.410 e. The summed E-state index contributed by atoms with van der Waals surface area (Å²) in [7, 11) is -2.05. The summed E-state index contributed by atoms with van der Waals surface area (Å²) in [6, 6.07) is 6.27. The van der Waals surface area contributed by atoms with Gasteiger partial charge in [-0.05, 0) is 45.0 Å². The fraction of sp³-hybridized carbons (Fsp3) is 0.562. The molecule has 7 nitrogen and oxygen atoms in total. The number of amides is 1. The molecule has 0 radical (unpaired) electrons. The van der Waals surface area contributed by atoms with Crippen molar-refractivity contribution < 1.29 is 22.7 Å². The molecular weight excluding hydrogens is 332 g/mol. The third-order valence-corrected chi connectivity index (χ3v) is 5.50. The molecule has 1 aromatic rings. The van der Waals surface area contributed by atoms with Gasteiger partial charge in [-0.2, -0.15) is 4.31 Å². The Labute approximate surface area is 143 Å². The van der Waals surface area contributed by atoms with E-state index in [2.05, 4.69) is 0 Å². The number of sulfonamides is 1. The minimum Gasteiger partial charge on any atom is -0.497 e. The Morgan fingerprint density at radius 3 is 2.04 bits per heavy atom. The van der Waals surface area contributed by atoms with Crippen LogP contribution in [0.1, 0.15) is 20.8 Å². The van der Waals surface area contributed by atoms with E-state index in [1.807, 2.05) is 0 Å². The van der Waals surface area contributed by atoms with Gasteiger partial charge in [-0.3, -0.25) is 0 Å². The molecule has 0 aliphatic carbocycles. The maximum absolute atomic E-state index is 12.6. The number of hydrogen-bond acceptors (Lipinski definition) is 5. The minimum absolute atomic E-state index is 0.217. The fourth-order valence-corrected chi connectivity index (χ4v) is 3.76. The first-order chi connectivity index (χ1) is 11.1. The lowest BCUT2D eigenvalue weighted by Gasteiger charge is -2.34. The molecule has 1 aliphatic heterocycles. The predicted molar refractivity (Wildman–Crippen MR) is 89.6 cm³/mol. The van der Waals surface area contributed by atoms with Gasteiger partial charge in [0.2, 0.25) is 10.0 Å². The van der Waals surface area contributed by atoms with Crippen molar-refractivity contribution in [2.24, 2.45) is 0 Å². The van der Waals surface area contributed by atoms with Crippen LogP contribution in [0.2, 0.25) is 0 Å². The number of hydrogen-bond donors (Lipinski definition) is 0. The maximum Gasteiger partial charge on any atom is 0.410 e. The predicted octanol–water partition coefficient (Wildman–Crippen LogP) is 1.94. The molecule has 0 spiro atoms. The summed E-state index contributed by atoms with van der Waals surface area (Å²) in [6.07, 6.45) is -0.413. The van der Waals surface area contributed by atoms with E-state index in [9.17, 15) is 13.2 Å². The summed E-state index contributed by atoms with van der Waals surface area (Å²) < 4.78 is 37.0. The second-order valence-electron chi connectivity index (χ2n) is 6.55. The standard InChI is InChI=1S/C16H24N2O5S/c1-16(2,3)23-15(19)17-9-11-18(12-10-17)24(20,21)14-7-5-13(22-4)6-8-14/h5-8H,9-12H2,1-4H3. The van der Waals surface area contributed by atoms with Crippen LogP contribution in [0, 0.1) is 0 Å². The molecule has 0 atom stereocenters. The molecule has 8 heteroatoms. The highest BCUT2D eigenvalue weighted by Crippen LogP contribution is 2.21. The van der Waals surface area contributed by atoms with Gasteiger partial charge in [-0.1, -0.05) is 0 Å². The molecule has 134 valence electrons. The average molecular weight is 356 g/mol. The fourth-order valence-electron chi connectivity index (χ4n) is 2.33. The van der Waals surface area contributed by atoms with Crippen LogP contribution in [0.4, 0.5) is 4.79 Å². The zero-order valence-corrected chi connectivity index (χ0v) is 15.3. The molecule has 1 saturated heterocycles. The van der Waals surface area contributed by atoms with Crippen LogP contribution in [0.3, 0.4) is 0 Å². The van der Waals surface area contributed by atoms with Crippen LogP contribution in [0.25, 0.3) is 0 Å². The van der Waals surface area contributed by atoms with Gasteiger partial charge in [-0.25, -0.2) is 13.2 Å². The molecule has 0 bridgehead atoms. The van der Waals surface area contributed by atoms with Crippen molar-refractivity contribution in [1.82, 2.24) is 9.21 Å². The molecule has 0 unspecified atom stereocenters. The average Bonchev–Trinajstić information content (AvgIpc) is 2.53. The maximum atomic E-state index is 12.6. The number of carbonyl (C=O) groups excluding carboxylic acids is 1. The first-order valence-corrected chi connectivity index (χ1v) is 9.19. The molecule has 1 fully saturated rings. The van der Waals surface area contributed by atoms with Crippen LogP contribution < -0.4 is 4.74 Å². The van der Waals surface area contributed by atoms with Gasteiger partial charge in [0, 0.05) is 26.2 Å². The van der Waals surface area contributed by atoms with E-state index in [4.69, 9.17) is 9.47 Å². The van der Waals surface area contributed by atoms with Gasteiger partial charge in [0.1, 0.15) is 11.4 Å². The Balaban J connectivity index is 2.01. The normalized spacial score (nSPS) is 16.8. The van der Waals surface area contributed by atoms with Crippen molar-refractivity contribution in [3.05, 3.63) is 24.3 Å². The van der Waals surface area contributed by atoms with E-state index in [0.717, 1.165) is 0 Å². The van der Waals surface area contributed by atoms with E-state index >= 15 is 0 Å². The van der Waals surface area contributed by atoms with E-state index in [1.54, 1.807) is 32.9 Å². The molecule has 1 heterocycles. The number of carbonyl (C=O) groups is 1. The third kappa shape index (κ3) is 4.39. The van der Waals surface area contributed by atoms with Crippen LogP contribution in [0.5, 0.6) is 5.75 Å². The minimum atomic E-state index is -3.57. The number of ether oxygens (including phenoxy) is 2. The number of methoxy groups -OCH3 is 1. The van der Waals surface area contributed by atoms with Gasteiger partial charge in [-0.15, -0.1) is 0 Å². The molecule has 0 saturated carbocycles. The molecule has 0 aromatic heterocycles. The quantitative estimate of drug-likeness (QED) is 0.827. The number of piperazine rings is 1. The Bertz CT molecular complexity index is 671. The van der Waals surface area contributed by atoms with E-state index < -0.39 is 21.7 Å². The molecule has 1 aromatic carbocycles. The number of benzene rings is 1. The van der Waals surface area contributed by atoms with Crippen LogP contribution in [-0.4, -0.2) is 62.6 Å². The Morgan fingerprint density at radius 2 is 1.58 bits per heavy atom. The molecular formula is C16H24N2O5S. The summed E-state index contributed by atoms with van der Waals surface area (Å²) in [5.74, 6) is 0.601. The topological polar surface area (TPSA) is 76.2 Å². The molecule has 24 heavy (non-hydrogen) atoms. The first-order valence-electron chi connectivity index (χ1n) is 7.75. The number of rotatable bonds is 3. The zero-order chi connectivity index (χ0) is 18.0. The number of nitrogens with zero attached hydrogens (tertiary/aromatic N) is 2. The summed E-state index contributed by atoms with van der Waals surface area (Å²) in [5, 5.41) is 0. The lowest BCUT2D eigenvalue weighted by atomic mass is 10.2. The second-order valence-corrected chi connectivity index (χ2v) is 8.48. The summed E-state index contributed by atoms with van der Waals surface area (Å²) in [4.78, 5) is 13.8. The van der Waals surface area contributed by atoms with Crippen molar-refractivity contribution in [2.75, 3.05) is 33.3 Å². The summed E-state index contributed by atoms with van der Waals surface area (Å²) in [5.41, 5.74) is -0.566. The highest BCUT2D eigenvalue weighted by molar-refractivity contribution is 7.89. The lowest BCUT2D eigenvalue weighted by molar-refractivity contribution is 0.0192. The summed E-state index contributed by atoms with van der Waals surface area (Å²) >= 11 is 0. The highest BCUT2D eigenvalue weighted by atomic mass is 32.2. The van der Waals surface area contributed by atoms with Crippen LogP contribution in [0.15, 0.2) is 29.2 Å². The Hall–Kier alpha value is -1.80. The van der Waals surface area contributed by atoms with Gasteiger partial charge < -0.3 is 14.4 Å². The molecule has 0 N–H and O–H groups in total. The van der Waals surface area contributed by atoms with E-state index in [1.165, 1.54) is 28.4 Å². The van der Waals surface area contributed by atoms with Gasteiger partial charge in [0.25, 0.3) is 0 Å². The van der Waals surface area contributed by atoms with Gasteiger partial charge in [0.05, 0.1) is 12.0 Å². The summed E-state index contributed by atoms with van der Waals surface area (Å²) in [6.45, 7) is 6.51. The third-order valence-electron chi connectivity index (χ3n) is 3.59. The van der Waals surface area contributed by atoms with Crippen molar-refractivity contribution in [1.29, 1.82) is 0 Å². The van der Waals surface area contributed by atoms with Gasteiger partial charge in [0.15, 0.2) is 0 Å². The zero-order valence-electron chi connectivity index (χ0n) is 14.5. The lowest BCUT2D eigenvalue weighted by Crippen LogP contribution is -2.51. The largest absolute Gasteiger partial charge is 0.497 e. The van der Waals surface area contributed by atoms with Crippen molar-refractivity contribution in [3.63, 3.8) is 0 Å². The molecule has 2 rings (SSSR count).